The van der Waals surface area contributed by atoms with E-state index in [4.69, 9.17) is 11.6 Å². The van der Waals surface area contributed by atoms with Crippen LogP contribution in [0, 0.1) is 0 Å². The van der Waals surface area contributed by atoms with Crippen LogP contribution in [0.1, 0.15) is 6.42 Å². The zero-order valence-electron chi connectivity index (χ0n) is 12.8. The van der Waals surface area contributed by atoms with Crippen LogP contribution in [0.4, 0.5) is 10.5 Å². The molecule has 0 atom stereocenters. The van der Waals surface area contributed by atoms with Crippen molar-refractivity contribution in [3.8, 4) is 0 Å². The maximum atomic E-state index is 12.0. The van der Waals surface area contributed by atoms with Crippen molar-refractivity contribution in [2.24, 2.45) is 0 Å². The van der Waals surface area contributed by atoms with Crippen LogP contribution in [0.3, 0.4) is 0 Å². The number of nitrogens with one attached hydrogen (secondary N) is 1. The minimum Gasteiger partial charge on any atom is -0.336 e. The molecule has 0 bridgehead atoms. The number of nitrogens with zero attached hydrogens (tertiary/aromatic N) is 2. The van der Waals surface area contributed by atoms with E-state index in [0.717, 1.165) is 5.75 Å². The average molecular weight is 356 g/mol. The molecule has 1 aromatic rings. The maximum absolute atomic E-state index is 12.0. The van der Waals surface area contributed by atoms with Gasteiger partial charge in [-0.2, -0.15) is 0 Å². The fourth-order valence-electron chi connectivity index (χ4n) is 2.09. The highest BCUT2D eigenvalue weighted by Gasteiger charge is 2.22. The molecule has 1 aliphatic heterocycles. The second-order valence-corrected chi connectivity index (χ2v) is 6.64. The molecule has 1 aromatic carbocycles. The monoisotopic (exact) mass is 355 g/mol. The van der Waals surface area contributed by atoms with Gasteiger partial charge in [0.15, 0.2) is 0 Å². The summed E-state index contributed by atoms with van der Waals surface area (Å²) in [7, 11) is 1.57. The molecule has 1 N–H and O–H groups in total. The number of likely N-dealkylation sites (N-methyl/N-ethyl adjacent to an activating group) is 1. The molecule has 1 fully saturated rings. The number of hydrogen-bond acceptors (Lipinski definition) is 4. The minimum atomic E-state index is -0.282. The van der Waals surface area contributed by atoms with Gasteiger partial charge in [-0.25, -0.2) is 0 Å². The molecule has 0 unspecified atom stereocenters. The summed E-state index contributed by atoms with van der Waals surface area (Å²) in [5.41, 5.74) is 0.625. The molecule has 0 spiro atoms. The Morgan fingerprint density at radius 1 is 1.35 bits per heavy atom. The molecular weight excluding hydrogens is 338 g/mol. The van der Waals surface area contributed by atoms with Gasteiger partial charge in [0.1, 0.15) is 0 Å². The molecular formula is C15H18ClN3O3S. The van der Waals surface area contributed by atoms with Crippen molar-refractivity contribution in [3.05, 3.63) is 29.3 Å². The molecule has 0 aromatic heterocycles. The van der Waals surface area contributed by atoms with E-state index < -0.39 is 0 Å². The molecule has 0 aliphatic carbocycles. The lowest BCUT2D eigenvalue weighted by atomic mass is 10.3. The smallest absolute Gasteiger partial charge is 0.281 e. The van der Waals surface area contributed by atoms with Crippen LogP contribution in [0.5, 0.6) is 0 Å². The van der Waals surface area contributed by atoms with E-state index in [2.05, 4.69) is 5.32 Å². The van der Waals surface area contributed by atoms with Gasteiger partial charge in [-0.1, -0.05) is 23.4 Å². The number of carbonyl (C=O) groups excluding carboxylic acids is 3. The van der Waals surface area contributed by atoms with Crippen LogP contribution >= 0.6 is 23.4 Å². The normalized spacial score (nSPS) is 14.0. The Morgan fingerprint density at radius 2 is 2.04 bits per heavy atom. The first-order valence-electron chi connectivity index (χ1n) is 7.17. The van der Waals surface area contributed by atoms with Gasteiger partial charge < -0.3 is 15.1 Å². The Morgan fingerprint density at radius 3 is 2.65 bits per heavy atom. The predicted molar refractivity (Wildman–Crippen MR) is 91.8 cm³/mol. The second-order valence-electron chi connectivity index (χ2n) is 5.16. The molecule has 6 nitrogen and oxygen atoms in total. The SMILES string of the molecule is CN(CC(=O)Nc1ccc(Cl)cc1)C(=O)CCN1CCSC1=O. The van der Waals surface area contributed by atoms with Crippen molar-refractivity contribution < 1.29 is 14.4 Å². The number of anilines is 1. The number of amides is 3. The van der Waals surface area contributed by atoms with Gasteiger partial charge in [0.05, 0.1) is 6.54 Å². The third-order valence-corrected chi connectivity index (χ3v) is 4.52. The van der Waals surface area contributed by atoms with Crippen LogP contribution in [0.15, 0.2) is 24.3 Å². The first-order valence-corrected chi connectivity index (χ1v) is 8.53. The molecule has 8 heteroatoms. The van der Waals surface area contributed by atoms with E-state index in [-0.39, 0.29) is 30.0 Å². The number of thioether (sulfide) groups is 1. The lowest BCUT2D eigenvalue weighted by Crippen LogP contribution is -2.37. The topological polar surface area (TPSA) is 69.7 Å². The van der Waals surface area contributed by atoms with Crippen LogP contribution < -0.4 is 5.32 Å². The van der Waals surface area contributed by atoms with Gasteiger partial charge in [-0.3, -0.25) is 14.4 Å². The number of benzene rings is 1. The molecule has 2 rings (SSSR count). The van der Waals surface area contributed by atoms with Gasteiger partial charge in [0, 0.05) is 43.0 Å². The van der Waals surface area contributed by atoms with Gasteiger partial charge >= 0.3 is 0 Å². The molecule has 0 saturated carbocycles. The lowest BCUT2D eigenvalue weighted by molar-refractivity contribution is -0.133. The number of halogens is 1. The zero-order valence-corrected chi connectivity index (χ0v) is 14.3. The Hall–Kier alpha value is -1.73. The predicted octanol–water partition coefficient (Wildman–Crippen LogP) is 2.30. The van der Waals surface area contributed by atoms with Crippen molar-refractivity contribution in [2.75, 3.05) is 37.8 Å². The van der Waals surface area contributed by atoms with Crippen LogP contribution in [-0.4, -0.2) is 59.3 Å². The Labute approximate surface area is 144 Å². The van der Waals surface area contributed by atoms with Crippen LogP contribution in [0.25, 0.3) is 0 Å². The van der Waals surface area contributed by atoms with Crippen molar-refractivity contribution in [2.45, 2.75) is 6.42 Å². The minimum absolute atomic E-state index is 0.0148. The summed E-state index contributed by atoms with van der Waals surface area (Å²) in [4.78, 5) is 38.4. The molecule has 3 amide bonds. The standard InChI is InChI=1S/C15H18ClN3O3S/c1-18(14(21)6-7-19-8-9-23-15(19)22)10-13(20)17-12-4-2-11(16)3-5-12/h2-5H,6-10H2,1H3,(H,17,20). The molecule has 1 heterocycles. The van der Waals surface area contributed by atoms with Crippen molar-refractivity contribution in [3.63, 3.8) is 0 Å². The van der Waals surface area contributed by atoms with E-state index in [1.165, 1.54) is 16.7 Å². The average Bonchev–Trinajstić information content (AvgIpc) is 2.92. The largest absolute Gasteiger partial charge is 0.336 e. The summed E-state index contributed by atoms with van der Waals surface area (Å²) in [5, 5.41) is 3.30. The zero-order chi connectivity index (χ0) is 16.8. The van der Waals surface area contributed by atoms with Gasteiger partial charge in [-0.05, 0) is 24.3 Å². The van der Waals surface area contributed by atoms with Gasteiger partial charge in [-0.15, -0.1) is 0 Å². The van der Waals surface area contributed by atoms with E-state index in [1.54, 1.807) is 36.2 Å². The number of rotatable bonds is 6. The van der Waals surface area contributed by atoms with E-state index >= 15 is 0 Å². The Balaban J connectivity index is 1.75. The quantitative estimate of drug-likeness (QED) is 0.850. The lowest BCUT2D eigenvalue weighted by Gasteiger charge is -2.19. The fraction of sp³-hybridized carbons (Fsp3) is 0.400. The van der Waals surface area contributed by atoms with Crippen LogP contribution in [-0.2, 0) is 9.59 Å². The summed E-state index contributed by atoms with van der Waals surface area (Å²) in [5.74, 6) is 0.323. The number of hydrogen-bond donors (Lipinski definition) is 1. The first kappa shape index (κ1) is 17.6. The van der Waals surface area contributed by atoms with Crippen LogP contribution in [0.2, 0.25) is 5.02 Å². The Kier molecular flexibility index (Phi) is 6.29. The molecule has 23 heavy (non-hydrogen) atoms. The number of carbonyl (C=O) groups is 3. The van der Waals surface area contributed by atoms with Crippen molar-refractivity contribution in [1.29, 1.82) is 0 Å². The summed E-state index contributed by atoms with van der Waals surface area (Å²) in [6.07, 6.45) is 0.219. The molecule has 1 saturated heterocycles. The Bertz CT molecular complexity index is 594. The second kappa shape index (κ2) is 8.21. The van der Waals surface area contributed by atoms with E-state index in [1.807, 2.05) is 0 Å². The van der Waals surface area contributed by atoms with Gasteiger partial charge in [0.2, 0.25) is 11.8 Å². The van der Waals surface area contributed by atoms with E-state index in [9.17, 15) is 14.4 Å². The fourth-order valence-corrected chi connectivity index (χ4v) is 3.07. The summed E-state index contributed by atoms with van der Waals surface area (Å²) >= 11 is 7.04. The summed E-state index contributed by atoms with van der Waals surface area (Å²) < 4.78 is 0. The first-order chi connectivity index (χ1) is 11.0. The molecule has 1 aliphatic rings. The molecule has 124 valence electrons. The molecule has 0 radical (unpaired) electrons. The highest BCUT2D eigenvalue weighted by Crippen LogP contribution is 2.17. The van der Waals surface area contributed by atoms with E-state index in [0.29, 0.717) is 23.8 Å². The highest BCUT2D eigenvalue weighted by atomic mass is 35.5. The third-order valence-electron chi connectivity index (χ3n) is 3.38. The van der Waals surface area contributed by atoms with Crippen molar-refractivity contribution >= 4 is 46.1 Å². The van der Waals surface area contributed by atoms with Crippen molar-refractivity contribution in [1.82, 2.24) is 9.80 Å². The highest BCUT2D eigenvalue weighted by molar-refractivity contribution is 8.13. The maximum Gasteiger partial charge on any atom is 0.281 e. The van der Waals surface area contributed by atoms with Gasteiger partial charge in [0.25, 0.3) is 5.24 Å². The summed E-state index contributed by atoms with van der Waals surface area (Å²) in [6.45, 7) is 1.04. The third kappa shape index (κ3) is 5.44. The summed E-state index contributed by atoms with van der Waals surface area (Å²) in [6, 6.07) is 6.74.